The third-order valence-corrected chi connectivity index (χ3v) is 2.82. The number of anilines is 2. The van der Waals surface area contributed by atoms with Gasteiger partial charge in [0, 0.05) is 11.1 Å². The lowest BCUT2D eigenvalue weighted by Gasteiger charge is -2.03. The van der Waals surface area contributed by atoms with E-state index < -0.39 is 5.97 Å². The molecule has 1 aromatic heterocycles. The van der Waals surface area contributed by atoms with Crippen LogP contribution < -0.4 is 11.1 Å². The van der Waals surface area contributed by atoms with Crippen LogP contribution in [-0.2, 0) is 0 Å². The molecule has 4 N–H and O–H groups in total. The summed E-state index contributed by atoms with van der Waals surface area (Å²) in [5.41, 5.74) is 6.32. The quantitative estimate of drug-likeness (QED) is 0.781. The molecular formula is C11H9N3O3S. The minimum Gasteiger partial charge on any atom is -0.478 e. The van der Waals surface area contributed by atoms with Crippen LogP contribution in [0.5, 0.6) is 0 Å². The normalized spacial score (nSPS) is 10.0. The van der Waals surface area contributed by atoms with Crippen LogP contribution >= 0.6 is 11.3 Å². The molecule has 0 bridgehead atoms. The van der Waals surface area contributed by atoms with Gasteiger partial charge in [0.05, 0.1) is 5.56 Å². The Morgan fingerprint density at radius 1 is 1.28 bits per heavy atom. The Hall–Kier alpha value is -2.41. The topological polar surface area (TPSA) is 105 Å². The van der Waals surface area contributed by atoms with Gasteiger partial charge in [-0.2, -0.15) is 0 Å². The van der Waals surface area contributed by atoms with Crippen LogP contribution in [0.3, 0.4) is 0 Å². The second-order valence-corrected chi connectivity index (χ2v) is 4.30. The average Bonchev–Trinajstić information content (AvgIpc) is 2.76. The maximum atomic E-state index is 11.7. The van der Waals surface area contributed by atoms with Crippen molar-refractivity contribution in [3.05, 3.63) is 40.9 Å². The number of carbonyl (C=O) groups excluding carboxylic acids is 1. The van der Waals surface area contributed by atoms with Crippen LogP contribution in [0.2, 0.25) is 0 Å². The molecule has 0 unspecified atom stereocenters. The smallest absolute Gasteiger partial charge is 0.335 e. The molecule has 6 nitrogen and oxygen atoms in total. The predicted octanol–water partition coefficient (Wildman–Crippen LogP) is 1.68. The molecule has 0 radical (unpaired) electrons. The fourth-order valence-corrected chi connectivity index (χ4v) is 1.83. The third-order valence-electron chi connectivity index (χ3n) is 2.14. The van der Waals surface area contributed by atoms with Gasteiger partial charge in [0.1, 0.15) is 5.69 Å². The number of hydrogen-bond acceptors (Lipinski definition) is 5. The lowest BCUT2D eigenvalue weighted by Crippen LogP contribution is -2.12. The van der Waals surface area contributed by atoms with E-state index in [1.54, 1.807) is 5.38 Å². The zero-order valence-corrected chi connectivity index (χ0v) is 9.90. The summed E-state index contributed by atoms with van der Waals surface area (Å²) in [6.45, 7) is 0. The maximum absolute atomic E-state index is 11.7. The summed E-state index contributed by atoms with van der Waals surface area (Å²) >= 11 is 1.18. The Labute approximate surface area is 106 Å². The van der Waals surface area contributed by atoms with Crippen molar-refractivity contribution in [1.29, 1.82) is 0 Å². The number of rotatable bonds is 3. The molecule has 0 fully saturated rings. The summed E-state index contributed by atoms with van der Waals surface area (Å²) in [6, 6.07) is 5.84. The molecular weight excluding hydrogens is 254 g/mol. The molecule has 0 aliphatic rings. The summed E-state index contributed by atoms with van der Waals surface area (Å²) < 4.78 is 0. The first-order valence-electron chi connectivity index (χ1n) is 4.92. The van der Waals surface area contributed by atoms with E-state index >= 15 is 0 Å². The van der Waals surface area contributed by atoms with Gasteiger partial charge in [-0.1, -0.05) is 0 Å². The Bertz CT molecular complexity index is 592. The van der Waals surface area contributed by atoms with Crippen LogP contribution in [0.4, 0.5) is 10.8 Å². The molecule has 1 heterocycles. The number of carbonyl (C=O) groups is 2. The Morgan fingerprint density at radius 3 is 2.44 bits per heavy atom. The van der Waals surface area contributed by atoms with Gasteiger partial charge in [-0.15, -0.1) is 11.3 Å². The van der Waals surface area contributed by atoms with Crippen LogP contribution in [-0.4, -0.2) is 22.0 Å². The highest BCUT2D eigenvalue weighted by Crippen LogP contribution is 2.14. The molecule has 0 saturated carbocycles. The summed E-state index contributed by atoms with van der Waals surface area (Å²) in [7, 11) is 0. The van der Waals surface area contributed by atoms with Crippen molar-refractivity contribution in [1.82, 2.24) is 4.98 Å². The molecule has 0 saturated heterocycles. The van der Waals surface area contributed by atoms with Crippen molar-refractivity contribution < 1.29 is 14.7 Å². The van der Waals surface area contributed by atoms with Gasteiger partial charge < -0.3 is 16.2 Å². The van der Waals surface area contributed by atoms with Crippen molar-refractivity contribution >= 4 is 34.0 Å². The number of carboxylic acids is 1. The number of nitrogens with zero attached hydrogens (tertiary/aromatic N) is 1. The number of hydrogen-bond donors (Lipinski definition) is 3. The number of benzene rings is 1. The molecule has 7 heteroatoms. The van der Waals surface area contributed by atoms with Gasteiger partial charge in [-0.25, -0.2) is 9.78 Å². The van der Waals surface area contributed by atoms with Gasteiger partial charge in [0.2, 0.25) is 0 Å². The fourth-order valence-electron chi connectivity index (χ4n) is 1.28. The largest absolute Gasteiger partial charge is 0.478 e. The molecule has 1 aromatic carbocycles. The SMILES string of the molecule is Nc1nc(C(=O)Nc2ccc(C(=O)O)cc2)cs1. The van der Waals surface area contributed by atoms with Gasteiger partial charge in [0.25, 0.3) is 5.91 Å². The van der Waals surface area contributed by atoms with Gasteiger partial charge in [-0.3, -0.25) is 4.79 Å². The number of amides is 1. The van der Waals surface area contributed by atoms with Crippen molar-refractivity contribution in [3.8, 4) is 0 Å². The number of nitrogen functional groups attached to an aromatic ring is 1. The summed E-state index contributed by atoms with van der Waals surface area (Å²) in [5, 5.41) is 13.2. The molecule has 2 aromatic rings. The number of aromatic nitrogens is 1. The van der Waals surface area contributed by atoms with Crippen molar-refractivity contribution in [2.75, 3.05) is 11.1 Å². The highest BCUT2D eigenvalue weighted by molar-refractivity contribution is 7.13. The molecule has 0 spiro atoms. The van der Waals surface area contributed by atoms with E-state index in [0.29, 0.717) is 10.8 Å². The van der Waals surface area contributed by atoms with E-state index in [-0.39, 0.29) is 17.2 Å². The minimum absolute atomic E-state index is 0.158. The van der Waals surface area contributed by atoms with Crippen molar-refractivity contribution in [2.45, 2.75) is 0 Å². The number of aromatic carboxylic acids is 1. The second-order valence-electron chi connectivity index (χ2n) is 3.41. The number of thiazole rings is 1. The van der Waals surface area contributed by atoms with E-state index in [1.165, 1.54) is 35.6 Å². The molecule has 2 rings (SSSR count). The Morgan fingerprint density at radius 2 is 1.94 bits per heavy atom. The number of nitrogens with two attached hydrogens (primary N) is 1. The first-order chi connectivity index (χ1) is 8.56. The average molecular weight is 263 g/mol. The third kappa shape index (κ3) is 2.64. The lowest BCUT2D eigenvalue weighted by molar-refractivity contribution is 0.0696. The van der Waals surface area contributed by atoms with Crippen molar-refractivity contribution in [3.63, 3.8) is 0 Å². The van der Waals surface area contributed by atoms with Crippen LogP contribution in [0, 0.1) is 0 Å². The fraction of sp³-hybridized carbons (Fsp3) is 0. The monoisotopic (exact) mass is 263 g/mol. The number of nitrogens with one attached hydrogen (secondary N) is 1. The first-order valence-corrected chi connectivity index (χ1v) is 5.80. The zero-order valence-electron chi connectivity index (χ0n) is 9.08. The van der Waals surface area contributed by atoms with Crippen LogP contribution in [0.15, 0.2) is 29.6 Å². The molecule has 0 aliphatic heterocycles. The Balaban J connectivity index is 2.10. The molecule has 0 atom stereocenters. The second kappa shape index (κ2) is 4.84. The number of carboxylic acid groups (broad SMARTS) is 1. The van der Waals surface area contributed by atoms with Crippen LogP contribution in [0.1, 0.15) is 20.8 Å². The van der Waals surface area contributed by atoms with E-state index in [4.69, 9.17) is 10.8 Å². The van der Waals surface area contributed by atoms with E-state index in [9.17, 15) is 9.59 Å². The molecule has 0 aliphatic carbocycles. The molecule has 1 amide bonds. The summed E-state index contributed by atoms with van der Waals surface area (Å²) in [4.78, 5) is 26.2. The van der Waals surface area contributed by atoms with Gasteiger partial charge >= 0.3 is 5.97 Å². The predicted molar refractivity (Wildman–Crippen MR) is 67.9 cm³/mol. The van der Waals surface area contributed by atoms with E-state index in [0.717, 1.165) is 0 Å². The zero-order chi connectivity index (χ0) is 13.1. The van der Waals surface area contributed by atoms with Gasteiger partial charge in [0.15, 0.2) is 5.13 Å². The van der Waals surface area contributed by atoms with E-state index in [2.05, 4.69) is 10.3 Å². The minimum atomic E-state index is -1.01. The summed E-state index contributed by atoms with van der Waals surface area (Å²) in [6.07, 6.45) is 0. The highest BCUT2D eigenvalue weighted by atomic mass is 32.1. The highest BCUT2D eigenvalue weighted by Gasteiger charge is 2.10. The molecule has 18 heavy (non-hydrogen) atoms. The summed E-state index contributed by atoms with van der Waals surface area (Å²) in [5.74, 6) is -1.40. The molecule has 92 valence electrons. The van der Waals surface area contributed by atoms with E-state index in [1.807, 2.05) is 0 Å². The van der Waals surface area contributed by atoms with Crippen molar-refractivity contribution in [2.24, 2.45) is 0 Å². The van der Waals surface area contributed by atoms with Crippen LogP contribution in [0.25, 0.3) is 0 Å². The van der Waals surface area contributed by atoms with Gasteiger partial charge in [-0.05, 0) is 24.3 Å². The maximum Gasteiger partial charge on any atom is 0.335 e. The standard InChI is InChI=1S/C11H9N3O3S/c12-11-14-8(5-18-11)9(15)13-7-3-1-6(2-4-7)10(16)17/h1-5H,(H2,12,14)(H,13,15)(H,16,17). The lowest BCUT2D eigenvalue weighted by atomic mass is 10.2. The first kappa shape index (κ1) is 12.1. The Kier molecular flexibility index (Phi) is 3.24.